The highest BCUT2D eigenvalue weighted by Crippen LogP contribution is 2.10. The van der Waals surface area contributed by atoms with Gasteiger partial charge in [0.25, 0.3) is 0 Å². The quantitative estimate of drug-likeness (QED) is 0.426. The maximum absolute atomic E-state index is 12.2. The predicted molar refractivity (Wildman–Crippen MR) is 107 cm³/mol. The molecule has 1 aromatic rings. The van der Waals surface area contributed by atoms with Crippen molar-refractivity contribution in [3.05, 3.63) is 34.3 Å². The van der Waals surface area contributed by atoms with Crippen molar-refractivity contribution in [1.29, 1.82) is 0 Å². The zero-order valence-corrected chi connectivity index (χ0v) is 17.1. The molecule has 0 bridgehead atoms. The molecule has 4 N–H and O–H groups in total. The van der Waals surface area contributed by atoms with Gasteiger partial charge in [0, 0.05) is 24.1 Å². The van der Waals surface area contributed by atoms with Gasteiger partial charge in [0.1, 0.15) is 6.04 Å². The van der Waals surface area contributed by atoms with Gasteiger partial charge in [0.15, 0.2) is 0 Å². The number of benzene rings is 1. The normalized spacial score (nSPS) is 11.2. The number of hydrogen-bond acceptors (Lipinski definition) is 3. The third kappa shape index (κ3) is 10.3. The van der Waals surface area contributed by atoms with Crippen molar-refractivity contribution >= 4 is 40.3 Å². The highest BCUT2D eigenvalue weighted by atomic mass is 79.9. The summed E-state index contributed by atoms with van der Waals surface area (Å²) < 4.78 is 0.993. The van der Waals surface area contributed by atoms with Crippen molar-refractivity contribution in [3.8, 4) is 0 Å². The Bertz CT molecular complexity index is 514. The van der Waals surface area contributed by atoms with Crippen LogP contribution < -0.4 is 21.3 Å². The fourth-order valence-electron chi connectivity index (χ4n) is 2.13. The Hall–Kier alpha value is -1.31. The first kappa shape index (κ1) is 23.7. The third-order valence-corrected chi connectivity index (χ3v) is 3.95. The topological polar surface area (TPSA) is 82.3 Å². The van der Waals surface area contributed by atoms with Crippen LogP contribution in [-0.4, -0.2) is 37.6 Å². The molecule has 0 aliphatic heterocycles. The van der Waals surface area contributed by atoms with Gasteiger partial charge >= 0.3 is 6.03 Å². The molecule has 0 aliphatic rings. The first-order valence-electron chi connectivity index (χ1n) is 8.34. The molecule has 0 radical (unpaired) electrons. The smallest absolute Gasteiger partial charge is 0.315 e. The molecule has 0 saturated heterocycles. The van der Waals surface area contributed by atoms with Crippen LogP contribution in [0.2, 0.25) is 0 Å². The maximum atomic E-state index is 12.2. The lowest BCUT2D eigenvalue weighted by molar-refractivity contribution is -0.123. The van der Waals surface area contributed by atoms with Crippen LogP contribution in [-0.2, 0) is 11.3 Å². The van der Waals surface area contributed by atoms with Crippen molar-refractivity contribution in [2.45, 2.75) is 39.3 Å². The lowest BCUT2D eigenvalue weighted by Gasteiger charge is -2.18. The number of halogens is 2. The summed E-state index contributed by atoms with van der Waals surface area (Å²) in [6, 6.07) is 6.86. The molecule has 1 unspecified atom stereocenters. The number of carbonyl (C=O) groups excluding carboxylic acids is 2. The van der Waals surface area contributed by atoms with E-state index in [0.717, 1.165) is 29.5 Å². The number of carbonyl (C=O) groups is 2. The molecule has 142 valence electrons. The summed E-state index contributed by atoms with van der Waals surface area (Å²) in [5, 5.41) is 11.5. The second-order valence-electron chi connectivity index (χ2n) is 5.44. The number of amides is 3. The van der Waals surface area contributed by atoms with E-state index in [0.29, 0.717) is 19.5 Å². The molecule has 0 spiro atoms. The number of hydrogen-bond donors (Lipinski definition) is 4. The van der Waals surface area contributed by atoms with Crippen LogP contribution >= 0.6 is 28.3 Å². The minimum absolute atomic E-state index is 0. The molecule has 0 heterocycles. The molecule has 6 nitrogen and oxygen atoms in total. The Morgan fingerprint density at radius 1 is 1.08 bits per heavy atom. The lowest BCUT2D eigenvalue weighted by Crippen LogP contribution is -2.50. The summed E-state index contributed by atoms with van der Waals surface area (Å²) in [5.41, 5.74) is 0.996. The van der Waals surface area contributed by atoms with Gasteiger partial charge in [-0.05, 0) is 30.7 Å². The van der Waals surface area contributed by atoms with E-state index >= 15 is 0 Å². The van der Waals surface area contributed by atoms with Crippen LogP contribution in [0.3, 0.4) is 0 Å². The van der Waals surface area contributed by atoms with Crippen molar-refractivity contribution in [3.63, 3.8) is 0 Å². The molecule has 8 heteroatoms. The van der Waals surface area contributed by atoms with Crippen LogP contribution in [0.5, 0.6) is 0 Å². The second kappa shape index (κ2) is 13.9. The molecule has 3 amide bonds. The highest BCUT2D eigenvalue weighted by Gasteiger charge is 2.19. The molecule has 1 rings (SSSR count). The van der Waals surface area contributed by atoms with Gasteiger partial charge < -0.3 is 21.3 Å². The van der Waals surface area contributed by atoms with Gasteiger partial charge in [-0.1, -0.05) is 48.3 Å². The van der Waals surface area contributed by atoms with E-state index < -0.39 is 6.04 Å². The fraction of sp³-hybridized carbons (Fsp3) is 0.529. The number of likely N-dealkylation sites (N-methyl/N-ethyl adjacent to an activating group) is 1. The number of rotatable bonds is 10. The van der Waals surface area contributed by atoms with Gasteiger partial charge in [-0.3, -0.25) is 4.79 Å². The molecule has 0 saturated carbocycles. The van der Waals surface area contributed by atoms with Crippen LogP contribution in [0.15, 0.2) is 28.7 Å². The highest BCUT2D eigenvalue weighted by molar-refractivity contribution is 9.10. The second-order valence-corrected chi connectivity index (χ2v) is 6.35. The molecule has 0 aliphatic carbocycles. The average Bonchev–Trinajstić information content (AvgIpc) is 2.57. The fourth-order valence-corrected chi connectivity index (χ4v) is 2.39. The van der Waals surface area contributed by atoms with Crippen molar-refractivity contribution in [1.82, 2.24) is 21.3 Å². The molecule has 0 aromatic heterocycles. The van der Waals surface area contributed by atoms with E-state index in [1.165, 1.54) is 0 Å². The predicted octanol–water partition coefficient (Wildman–Crippen LogP) is 2.56. The molecular formula is C17H28BrClN4O2. The summed E-state index contributed by atoms with van der Waals surface area (Å²) in [5.74, 6) is -0.145. The molecule has 1 atom stereocenters. The Labute approximate surface area is 164 Å². The van der Waals surface area contributed by atoms with E-state index in [4.69, 9.17) is 0 Å². The third-order valence-electron chi connectivity index (χ3n) is 3.42. The van der Waals surface area contributed by atoms with E-state index in [1.807, 2.05) is 38.1 Å². The first-order valence-corrected chi connectivity index (χ1v) is 9.13. The van der Waals surface area contributed by atoms with Gasteiger partial charge in [0.05, 0.1) is 0 Å². The summed E-state index contributed by atoms with van der Waals surface area (Å²) in [4.78, 5) is 24.2. The molecular weight excluding hydrogens is 408 g/mol. The first-order chi connectivity index (χ1) is 11.6. The van der Waals surface area contributed by atoms with Gasteiger partial charge in [-0.25, -0.2) is 4.79 Å². The SMILES string of the molecule is CCCC(NC(=O)NCc1ccc(Br)cc1)C(=O)NCCNCC.Cl. The van der Waals surface area contributed by atoms with Crippen molar-refractivity contribution in [2.75, 3.05) is 19.6 Å². The van der Waals surface area contributed by atoms with E-state index in [2.05, 4.69) is 37.2 Å². The number of urea groups is 1. The lowest BCUT2D eigenvalue weighted by atomic mass is 10.1. The summed E-state index contributed by atoms with van der Waals surface area (Å²) in [6.07, 6.45) is 1.43. The Morgan fingerprint density at radius 3 is 2.36 bits per heavy atom. The maximum Gasteiger partial charge on any atom is 0.315 e. The van der Waals surface area contributed by atoms with Gasteiger partial charge in [0.2, 0.25) is 5.91 Å². The monoisotopic (exact) mass is 434 g/mol. The van der Waals surface area contributed by atoms with Gasteiger partial charge in [-0.15, -0.1) is 12.4 Å². The minimum Gasteiger partial charge on any atom is -0.353 e. The Balaban J connectivity index is 0.00000576. The van der Waals surface area contributed by atoms with Crippen LogP contribution in [0.25, 0.3) is 0 Å². The zero-order valence-electron chi connectivity index (χ0n) is 14.7. The van der Waals surface area contributed by atoms with E-state index in [-0.39, 0.29) is 24.3 Å². The van der Waals surface area contributed by atoms with Crippen LogP contribution in [0.4, 0.5) is 4.79 Å². The number of nitrogens with one attached hydrogen (secondary N) is 4. The standard InChI is InChI=1S/C17H27BrN4O2.ClH/c1-3-5-15(16(23)20-11-10-19-4-2)22-17(24)21-12-13-6-8-14(18)9-7-13;/h6-9,15,19H,3-5,10-12H2,1-2H3,(H,20,23)(H2,21,22,24);1H. The van der Waals surface area contributed by atoms with E-state index in [1.54, 1.807) is 0 Å². The van der Waals surface area contributed by atoms with Crippen molar-refractivity contribution in [2.24, 2.45) is 0 Å². The van der Waals surface area contributed by atoms with Crippen LogP contribution in [0, 0.1) is 0 Å². The van der Waals surface area contributed by atoms with Crippen LogP contribution in [0.1, 0.15) is 32.3 Å². The summed E-state index contributed by atoms with van der Waals surface area (Å²) in [7, 11) is 0. The molecule has 0 fully saturated rings. The molecule has 25 heavy (non-hydrogen) atoms. The van der Waals surface area contributed by atoms with Gasteiger partial charge in [-0.2, -0.15) is 0 Å². The molecule has 1 aromatic carbocycles. The average molecular weight is 436 g/mol. The van der Waals surface area contributed by atoms with E-state index in [9.17, 15) is 9.59 Å². The Morgan fingerprint density at radius 2 is 1.76 bits per heavy atom. The Kier molecular flexibility index (Phi) is 13.2. The zero-order chi connectivity index (χ0) is 17.8. The van der Waals surface area contributed by atoms with Crippen molar-refractivity contribution < 1.29 is 9.59 Å². The summed E-state index contributed by atoms with van der Waals surface area (Å²) in [6.45, 7) is 6.55. The minimum atomic E-state index is -0.512. The summed E-state index contributed by atoms with van der Waals surface area (Å²) >= 11 is 3.37. The largest absolute Gasteiger partial charge is 0.353 e.